The molecule has 0 aromatic heterocycles. The maximum atomic E-state index is 11.0. The van der Waals surface area contributed by atoms with Gasteiger partial charge < -0.3 is 14.9 Å². The Balaban J connectivity index is 2.05. The molecule has 1 aliphatic rings. The zero-order valence-corrected chi connectivity index (χ0v) is 9.52. The first kappa shape index (κ1) is 12.2. The summed E-state index contributed by atoms with van der Waals surface area (Å²) in [6.45, 7) is 0.0706. The van der Waals surface area contributed by atoms with Crippen LogP contribution in [0.1, 0.15) is 6.42 Å². The molecule has 18 heavy (non-hydrogen) atoms. The Labute approximate surface area is 103 Å². The van der Waals surface area contributed by atoms with E-state index in [-0.39, 0.29) is 13.0 Å². The second-order valence-corrected chi connectivity index (χ2v) is 4.08. The summed E-state index contributed by atoms with van der Waals surface area (Å²) in [5, 5.41) is 17.9. The number of carbonyl (C=O) groups is 2. The van der Waals surface area contributed by atoms with Crippen molar-refractivity contribution in [3.05, 3.63) is 30.3 Å². The Kier molecular flexibility index (Phi) is 3.36. The molecule has 0 aliphatic carbocycles. The largest absolute Gasteiger partial charge is 0.488 e. The highest BCUT2D eigenvalue weighted by molar-refractivity contribution is 5.80. The molecule has 6 nitrogen and oxygen atoms in total. The molecule has 0 bridgehead atoms. The van der Waals surface area contributed by atoms with E-state index < -0.39 is 24.2 Å². The van der Waals surface area contributed by atoms with Gasteiger partial charge in [-0.3, -0.25) is 4.90 Å². The van der Waals surface area contributed by atoms with Gasteiger partial charge in [-0.25, -0.2) is 9.59 Å². The molecular formula is C12H13NO5. The van der Waals surface area contributed by atoms with E-state index in [9.17, 15) is 9.59 Å². The average molecular weight is 251 g/mol. The highest BCUT2D eigenvalue weighted by Crippen LogP contribution is 2.23. The van der Waals surface area contributed by atoms with Crippen molar-refractivity contribution in [3.8, 4) is 5.75 Å². The van der Waals surface area contributed by atoms with Gasteiger partial charge in [-0.2, -0.15) is 0 Å². The molecule has 0 unspecified atom stereocenters. The molecule has 1 fully saturated rings. The fourth-order valence-corrected chi connectivity index (χ4v) is 2.02. The number of likely N-dealkylation sites (tertiary alicyclic amines) is 1. The van der Waals surface area contributed by atoms with Crippen LogP contribution in [0.15, 0.2) is 30.3 Å². The van der Waals surface area contributed by atoms with Crippen molar-refractivity contribution < 1.29 is 24.5 Å². The summed E-state index contributed by atoms with van der Waals surface area (Å²) in [5.74, 6) is -0.532. The number of carboxylic acids is 1. The molecule has 1 heterocycles. The second-order valence-electron chi connectivity index (χ2n) is 4.08. The first-order chi connectivity index (χ1) is 8.58. The molecule has 2 atom stereocenters. The number of carboxylic acid groups (broad SMARTS) is 2. The maximum Gasteiger partial charge on any atom is 0.408 e. The van der Waals surface area contributed by atoms with Crippen LogP contribution in [-0.4, -0.2) is 45.9 Å². The third-order valence-corrected chi connectivity index (χ3v) is 2.84. The number of benzene rings is 1. The van der Waals surface area contributed by atoms with Gasteiger partial charge >= 0.3 is 12.1 Å². The molecule has 6 heteroatoms. The van der Waals surface area contributed by atoms with Gasteiger partial charge in [-0.1, -0.05) is 18.2 Å². The summed E-state index contributed by atoms with van der Waals surface area (Å²) in [5.41, 5.74) is 0. The summed E-state index contributed by atoms with van der Waals surface area (Å²) in [6.07, 6.45) is -1.50. The van der Waals surface area contributed by atoms with Crippen molar-refractivity contribution in [1.82, 2.24) is 4.90 Å². The molecule has 1 aromatic carbocycles. The quantitative estimate of drug-likeness (QED) is 0.844. The van der Waals surface area contributed by atoms with Gasteiger partial charge in [0.15, 0.2) is 0 Å². The predicted molar refractivity (Wildman–Crippen MR) is 61.6 cm³/mol. The molecule has 1 aromatic rings. The summed E-state index contributed by atoms with van der Waals surface area (Å²) in [7, 11) is 0. The number of hydrogen-bond donors (Lipinski definition) is 2. The van der Waals surface area contributed by atoms with Crippen LogP contribution in [0.2, 0.25) is 0 Å². The lowest BCUT2D eigenvalue weighted by Crippen LogP contribution is -2.39. The lowest BCUT2D eigenvalue weighted by molar-refractivity contribution is -0.141. The van der Waals surface area contributed by atoms with Crippen LogP contribution in [0.25, 0.3) is 0 Å². The van der Waals surface area contributed by atoms with Crippen molar-refractivity contribution in [1.29, 1.82) is 0 Å². The molecule has 1 saturated heterocycles. The highest BCUT2D eigenvalue weighted by Gasteiger charge is 2.40. The first-order valence-corrected chi connectivity index (χ1v) is 5.52. The minimum Gasteiger partial charge on any atom is -0.488 e. The number of amides is 1. The van der Waals surface area contributed by atoms with Crippen molar-refractivity contribution in [2.45, 2.75) is 18.6 Å². The summed E-state index contributed by atoms with van der Waals surface area (Å²) in [6, 6.07) is 7.90. The van der Waals surface area contributed by atoms with E-state index in [0.29, 0.717) is 5.75 Å². The average Bonchev–Trinajstić information content (AvgIpc) is 2.74. The standard InChI is InChI=1S/C12H13NO5/c14-11(15)10-6-9(7-13(10)12(16)17)18-8-4-2-1-3-5-8/h1-5,9-10H,6-7H2,(H,14,15)(H,16,17)/t9-,10-/m0/s1. The highest BCUT2D eigenvalue weighted by atomic mass is 16.5. The van der Waals surface area contributed by atoms with Gasteiger partial charge in [-0.15, -0.1) is 0 Å². The fraction of sp³-hybridized carbons (Fsp3) is 0.333. The Hall–Kier alpha value is -2.24. The number of aliphatic carboxylic acids is 1. The third kappa shape index (κ3) is 2.53. The van der Waals surface area contributed by atoms with Crippen LogP contribution in [0.5, 0.6) is 5.75 Å². The van der Waals surface area contributed by atoms with Gasteiger partial charge in [0.05, 0.1) is 6.54 Å². The lowest BCUT2D eigenvalue weighted by atomic mass is 10.2. The predicted octanol–water partition coefficient (Wildman–Crippen LogP) is 1.27. The monoisotopic (exact) mass is 251 g/mol. The van der Waals surface area contributed by atoms with E-state index in [1.54, 1.807) is 24.3 Å². The number of ether oxygens (including phenoxy) is 1. The topological polar surface area (TPSA) is 87.1 Å². The minimum atomic E-state index is -1.23. The number of rotatable bonds is 3. The van der Waals surface area contributed by atoms with Crippen LogP contribution in [0, 0.1) is 0 Å². The SMILES string of the molecule is O=C(O)[C@@H]1C[C@H](Oc2ccccc2)CN1C(=O)O. The zero-order chi connectivity index (χ0) is 13.1. The minimum absolute atomic E-state index is 0.0706. The Morgan fingerprint density at radius 2 is 1.89 bits per heavy atom. The molecule has 2 N–H and O–H groups in total. The molecule has 1 amide bonds. The molecule has 2 rings (SSSR count). The van der Waals surface area contributed by atoms with Crippen LogP contribution >= 0.6 is 0 Å². The maximum absolute atomic E-state index is 11.0. The first-order valence-electron chi connectivity index (χ1n) is 5.52. The fourth-order valence-electron chi connectivity index (χ4n) is 2.02. The molecule has 96 valence electrons. The smallest absolute Gasteiger partial charge is 0.408 e. The van der Waals surface area contributed by atoms with Crippen molar-refractivity contribution >= 4 is 12.1 Å². The van der Waals surface area contributed by atoms with E-state index in [4.69, 9.17) is 14.9 Å². The molecular weight excluding hydrogens is 238 g/mol. The van der Waals surface area contributed by atoms with Gasteiger partial charge in [-0.05, 0) is 12.1 Å². The van der Waals surface area contributed by atoms with Gasteiger partial charge in [0.2, 0.25) is 0 Å². The van der Waals surface area contributed by atoms with Gasteiger partial charge in [0.1, 0.15) is 17.9 Å². The zero-order valence-electron chi connectivity index (χ0n) is 9.52. The number of hydrogen-bond acceptors (Lipinski definition) is 3. The number of nitrogens with zero attached hydrogens (tertiary/aromatic N) is 1. The normalized spacial score (nSPS) is 22.8. The molecule has 1 aliphatic heterocycles. The Morgan fingerprint density at radius 1 is 1.22 bits per heavy atom. The van der Waals surface area contributed by atoms with Crippen LogP contribution in [0.3, 0.4) is 0 Å². The lowest BCUT2D eigenvalue weighted by Gasteiger charge is -2.16. The summed E-state index contributed by atoms with van der Waals surface area (Å²) < 4.78 is 5.57. The molecule has 0 radical (unpaired) electrons. The molecule has 0 spiro atoms. The third-order valence-electron chi connectivity index (χ3n) is 2.84. The van der Waals surface area contributed by atoms with Crippen LogP contribution < -0.4 is 4.74 Å². The summed E-state index contributed by atoms with van der Waals surface area (Å²) in [4.78, 5) is 22.8. The second kappa shape index (κ2) is 4.95. The van der Waals surface area contributed by atoms with E-state index >= 15 is 0 Å². The Morgan fingerprint density at radius 3 is 2.39 bits per heavy atom. The van der Waals surface area contributed by atoms with Crippen molar-refractivity contribution in [2.24, 2.45) is 0 Å². The van der Waals surface area contributed by atoms with E-state index in [2.05, 4.69) is 0 Å². The van der Waals surface area contributed by atoms with Crippen molar-refractivity contribution in [2.75, 3.05) is 6.54 Å². The number of para-hydroxylation sites is 1. The van der Waals surface area contributed by atoms with Gasteiger partial charge in [0, 0.05) is 6.42 Å². The van der Waals surface area contributed by atoms with E-state index in [0.717, 1.165) is 4.90 Å². The molecule has 0 saturated carbocycles. The van der Waals surface area contributed by atoms with Crippen LogP contribution in [-0.2, 0) is 4.79 Å². The van der Waals surface area contributed by atoms with Crippen molar-refractivity contribution in [3.63, 3.8) is 0 Å². The van der Waals surface area contributed by atoms with Gasteiger partial charge in [0.25, 0.3) is 0 Å². The summed E-state index contributed by atoms with van der Waals surface area (Å²) >= 11 is 0. The van der Waals surface area contributed by atoms with E-state index in [1.165, 1.54) is 0 Å². The Bertz CT molecular complexity index is 425. The van der Waals surface area contributed by atoms with Crippen LogP contribution in [0.4, 0.5) is 4.79 Å². The van der Waals surface area contributed by atoms with E-state index in [1.807, 2.05) is 6.07 Å².